The van der Waals surface area contributed by atoms with Crippen molar-refractivity contribution in [3.8, 4) is 23.5 Å². The number of hydrogen-bond acceptors (Lipinski definition) is 6. The van der Waals surface area contributed by atoms with Crippen molar-refractivity contribution >= 4 is 22.4 Å². The number of ether oxygens (including phenoxy) is 2. The Morgan fingerprint density at radius 3 is 2.70 bits per heavy atom. The Hall–Kier alpha value is -4.24. The lowest BCUT2D eigenvalue weighted by Crippen LogP contribution is -2.34. The van der Waals surface area contributed by atoms with E-state index in [1.807, 2.05) is 6.92 Å². The summed E-state index contributed by atoms with van der Waals surface area (Å²) in [4.78, 5) is 27.8. The molecule has 0 radical (unpaired) electrons. The lowest BCUT2D eigenvalue weighted by molar-refractivity contribution is -0.123. The summed E-state index contributed by atoms with van der Waals surface area (Å²) >= 11 is 0. The number of amides is 1. The maximum Gasteiger partial charge on any atom is 0.255 e. The molecule has 1 aliphatic rings. The van der Waals surface area contributed by atoms with Gasteiger partial charge in [0.25, 0.3) is 5.91 Å². The molecule has 3 atom stereocenters. The van der Waals surface area contributed by atoms with Crippen LogP contribution >= 0.6 is 0 Å². The zero-order valence-electron chi connectivity index (χ0n) is 18.0. The molecular formula is C24H20FN5O3. The number of benzene rings is 1. The van der Waals surface area contributed by atoms with Crippen LogP contribution in [0, 0.1) is 24.3 Å². The second kappa shape index (κ2) is 9.49. The number of rotatable bonds is 5. The highest BCUT2D eigenvalue weighted by atomic mass is 19.1. The predicted molar refractivity (Wildman–Crippen MR) is 119 cm³/mol. The van der Waals surface area contributed by atoms with Gasteiger partial charge in [0.05, 0.1) is 25.3 Å². The highest BCUT2D eigenvalue weighted by Gasteiger charge is 2.41. The van der Waals surface area contributed by atoms with Crippen molar-refractivity contribution in [3.63, 3.8) is 0 Å². The number of carbonyl (C=O) groups is 1. The summed E-state index contributed by atoms with van der Waals surface area (Å²) in [6.45, 7) is 9.36. The summed E-state index contributed by atoms with van der Waals surface area (Å²) in [7, 11) is 1.47. The topological polar surface area (TPSA) is 90.6 Å². The first-order valence-corrected chi connectivity index (χ1v) is 10.3. The minimum atomic E-state index is -1.55. The fraction of sp³-hybridized carbons (Fsp3) is 0.292. The van der Waals surface area contributed by atoms with E-state index in [0.29, 0.717) is 40.0 Å². The molecule has 1 amide bonds. The molecule has 1 aliphatic heterocycles. The number of halogens is 1. The molecule has 166 valence electrons. The average molecular weight is 445 g/mol. The number of nitrogens with one attached hydrogen (secondary N) is 1. The van der Waals surface area contributed by atoms with Crippen LogP contribution in [0.25, 0.3) is 15.6 Å². The molecule has 2 aromatic heterocycles. The number of methoxy groups -OCH3 is 1. The van der Waals surface area contributed by atoms with Crippen LogP contribution < -0.4 is 14.8 Å². The zero-order valence-corrected chi connectivity index (χ0v) is 18.0. The van der Waals surface area contributed by atoms with Gasteiger partial charge in [-0.05, 0) is 35.9 Å². The Bertz CT molecular complexity index is 1300. The maximum absolute atomic E-state index is 14.1. The van der Waals surface area contributed by atoms with Crippen molar-refractivity contribution < 1.29 is 18.7 Å². The Kier molecular flexibility index (Phi) is 6.32. The summed E-state index contributed by atoms with van der Waals surface area (Å²) in [6.07, 6.45) is 3.68. The van der Waals surface area contributed by atoms with Gasteiger partial charge < -0.3 is 14.8 Å². The Labute approximate surface area is 190 Å². The number of carbonyl (C=O) groups excluding carboxylic acids is 1. The van der Waals surface area contributed by atoms with Gasteiger partial charge in [-0.1, -0.05) is 12.8 Å². The number of fused-ring (bicyclic) bond motifs is 1. The Balaban J connectivity index is 1.73. The fourth-order valence-corrected chi connectivity index (χ4v) is 3.78. The summed E-state index contributed by atoms with van der Waals surface area (Å²) in [6, 6.07) is 4.56. The normalized spacial score (nSPS) is 19.3. The second-order valence-corrected chi connectivity index (χ2v) is 7.38. The minimum Gasteiger partial charge on any atom is -0.508 e. The van der Waals surface area contributed by atoms with Crippen molar-refractivity contribution in [2.75, 3.05) is 13.7 Å². The van der Waals surface area contributed by atoms with Gasteiger partial charge in [0.1, 0.15) is 12.4 Å². The largest absolute Gasteiger partial charge is 0.508 e. The molecule has 8 nitrogen and oxygen atoms in total. The van der Waals surface area contributed by atoms with E-state index in [-0.39, 0.29) is 12.5 Å². The van der Waals surface area contributed by atoms with Crippen molar-refractivity contribution in [1.82, 2.24) is 20.3 Å². The predicted octanol–water partition coefficient (Wildman–Crippen LogP) is 3.23. The van der Waals surface area contributed by atoms with Gasteiger partial charge >= 0.3 is 0 Å². The van der Waals surface area contributed by atoms with Gasteiger partial charge in [0.15, 0.2) is 6.17 Å². The maximum atomic E-state index is 14.1. The van der Waals surface area contributed by atoms with Crippen LogP contribution in [-0.2, 0) is 4.79 Å². The molecule has 0 aliphatic carbocycles. The van der Waals surface area contributed by atoms with E-state index in [2.05, 4.69) is 37.0 Å². The summed E-state index contributed by atoms with van der Waals surface area (Å²) in [5.41, 5.74) is 0.873. The number of hydrogen-bond donors (Lipinski definition) is 1. The smallest absolute Gasteiger partial charge is 0.255 e. The van der Waals surface area contributed by atoms with Crippen molar-refractivity contribution in [1.29, 1.82) is 0 Å². The van der Waals surface area contributed by atoms with Gasteiger partial charge in [0.2, 0.25) is 17.4 Å². The molecule has 0 unspecified atom stereocenters. The number of alkyl halides is 1. The summed E-state index contributed by atoms with van der Waals surface area (Å²) in [5, 5.41) is 3.86. The Morgan fingerprint density at radius 1 is 1.21 bits per heavy atom. The first kappa shape index (κ1) is 22.0. The van der Waals surface area contributed by atoms with E-state index >= 15 is 0 Å². The van der Waals surface area contributed by atoms with E-state index in [1.54, 1.807) is 30.6 Å². The van der Waals surface area contributed by atoms with E-state index in [1.165, 1.54) is 13.3 Å². The van der Waals surface area contributed by atoms with Crippen LogP contribution in [0.2, 0.25) is 0 Å². The summed E-state index contributed by atoms with van der Waals surface area (Å²) in [5.74, 6) is 5.79. The average Bonchev–Trinajstić information content (AvgIpc) is 3.13. The lowest BCUT2D eigenvalue weighted by Gasteiger charge is -2.19. The van der Waals surface area contributed by atoms with Gasteiger partial charge in [0, 0.05) is 29.9 Å². The molecule has 0 spiro atoms. The van der Waals surface area contributed by atoms with Crippen LogP contribution in [0.3, 0.4) is 0 Å². The molecule has 1 saturated heterocycles. The molecule has 3 aromatic rings. The molecule has 1 N–H and O–H groups in total. The number of pyridine rings is 1. The van der Waals surface area contributed by atoms with Crippen LogP contribution in [0.15, 0.2) is 36.8 Å². The molecule has 9 heteroatoms. The van der Waals surface area contributed by atoms with E-state index in [0.717, 1.165) is 0 Å². The Morgan fingerprint density at radius 2 is 2.00 bits per heavy atom. The molecule has 1 aromatic carbocycles. The standard InChI is InChI=1S/C24H20FN5O3/c1-4-15-19(30-23(31)22(15)25)13-33-24-17-11-20(32-3)18(26-2)10-16(17)14(12-29-24)6-7-21-27-8-5-9-28-21/h5,8-12,15,19,22H,4,13H2,1,3H3,(H,30,31)/t15-,19+,22-/m0/s1. The molecule has 0 bridgehead atoms. The molecular weight excluding hydrogens is 425 g/mol. The highest BCUT2D eigenvalue weighted by Crippen LogP contribution is 2.37. The van der Waals surface area contributed by atoms with Gasteiger partial charge in [-0.2, -0.15) is 0 Å². The van der Waals surface area contributed by atoms with E-state index < -0.39 is 24.0 Å². The molecule has 4 rings (SSSR count). The minimum absolute atomic E-state index is 0.0581. The fourth-order valence-electron chi connectivity index (χ4n) is 3.78. The van der Waals surface area contributed by atoms with Crippen LogP contribution in [0.4, 0.5) is 10.1 Å². The molecule has 0 saturated carbocycles. The second-order valence-electron chi connectivity index (χ2n) is 7.38. The molecule has 33 heavy (non-hydrogen) atoms. The van der Waals surface area contributed by atoms with E-state index in [9.17, 15) is 9.18 Å². The third-order valence-corrected chi connectivity index (χ3v) is 5.49. The van der Waals surface area contributed by atoms with Crippen LogP contribution in [0.1, 0.15) is 24.7 Å². The van der Waals surface area contributed by atoms with Crippen LogP contribution in [-0.4, -0.2) is 46.8 Å². The van der Waals surface area contributed by atoms with Crippen molar-refractivity contribution in [2.24, 2.45) is 5.92 Å². The molecule has 3 heterocycles. The third-order valence-electron chi connectivity index (χ3n) is 5.49. The molecule has 1 fully saturated rings. The highest BCUT2D eigenvalue weighted by molar-refractivity contribution is 5.96. The van der Waals surface area contributed by atoms with Crippen molar-refractivity contribution in [3.05, 3.63) is 59.6 Å². The number of aromatic nitrogens is 3. The zero-order chi connectivity index (χ0) is 23.4. The summed E-state index contributed by atoms with van der Waals surface area (Å²) < 4.78 is 25.4. The quantitative estimate of drug-likeness (QED) is 0.479. The first-order valence-electron chi connectivity index (χ1n) is 10.3. The van der Waals surface area contributed by atoms with Gasteiger partial charge in [-0.15, -0.1) is 0 Å². The van der Waals surface area contributed by atoms with Gasteiger partial charge in [-0.25, -0.2) is 24.2 Å². The van der Waals surface area contributed by atoms with Crippen LogP contribution in [0.5, 0.6) is 11.6 Å². The monoisotopic (exact) mass is 445 g/mol. The SMILES string of the molecule is [C-]#[N+]c1cc2c(C#Cc3ncccn3)cnc(OC[C@H]3NC(=O)[C@@H](F)[C@H]3CC)c2cc1OC. The van der Waals surface area contributed by atoms with Gasteiger partial charge in [-0.3, -0.25) is 4.79 Å². The lowest BCUT2D eigenvalue weighted by atomic mass is 9.97. The number of nitrogens with zero attached hydrogens (tertiary/aromatic N) is 4. The third kappa shape index (κ3) is 4.39. The van der Waals surface area contributed by atoms with Crippen molar-refractivity contribution in [2.45, 2.75) is 25.6 Å². The first-order chi connectivity index (χ1) is 16.0. The van der Waals surface area contributed by atoms with E-state index in [4.69, 9.17) is 16.0 Å².